The summed E-state index contributed by atoms with van der Waals surface area (Å²) in [5.41, 5.74) is 6.62. The molecule has 5 nitrogen and oxygen atoms in total. The Kier molecular flexibility index (Phi) is 7.01. The molecule has 0 saturated carbocycles. The lowest BCUT2D eigenvalue weighted by Gasteiger charge is -2.08. The average Bonchev–Trinajstić information content (AvgIpc) is 2.37. The van der Waals surface area contributed by atoms with E-state index in [1.54, 1.807) is 18.2 Å². The van der Waals surface area contributed by atoms with Gasteiger partial charge in [0, 0.05) is 23.6 Å². The summed E-state index contributed by atoms with van der Waals surface area (Å²) in [6.07, 6.45) is -0.427. The van der Waals surface area contributed by atoms with Crippen LogP contribution < -0.4 is 11.1 Å². The third-order valence-electron chi connectivity index (χ3n) is 2.26. The number of carbonyl (C=O) groups is 1. The van der Waals surface area contributed by atoms with Gasteiger partial charge in [-0.1, -0.05) is 11.6 Å². The molecule has 5 N–H and O–H groups in total. The Bertz CT molecular complexity index is 431. The number of halogens is 1. The van der Waals surface area contributed by atoms with Crippen LogP contribution >= 0.6 is 23.4 Å². The quantitative estimate of drug-likeness (QED) is 0.450. The van der Waals surface area contributed by atoms with Crippen LogP contribution in [0, 0.1) is 0 Å². The van der Waals surface area contributed by atoms with Crippen LogP contribution in [0.25, 0.3) is 0 Å². The predicted molar refractivity (Wildman–Crippen MR) is 79.5 cm³/mol. The van der Waals surface area contributed by atoms with Crippen LogP contribution in [0.4, 0.5) is 11.4 Å². The van der Waals surface area contributed by atoms with Crippen LogP contribution in [0.1, 0.15) is 6.42 Å². The summed E-state index contributed by atoms with van der Waals surface area (Å²) in [6, 6.07) is 4.88. The summed E-state index contributed by atoms with van der Waals surface area (Å²) < 4.78 is 0. The van der Waals surface area contributed by atoms with Crippen LogP contribution in [0.3, 0.4) is 0 Å². The van der Waals surface area contributed by atoms with Crippen LogP contribution in [0.2, 0.25) is 5.02 Å². The van der Waals surface area contributed by atoms with Crippen molar-refractivity contribution in [3.05, 3.63) is 23.2 Å². The summed E-state index contributed by atoms with van der Waals surface area (Å²) in [5, 5.41) is 20.8. The summed E-state index contributed by atoms with van der Waals surface area (Å²) in [6.45, 7) is -0.264. The number of hydrogen-bond donors (Lipinski definition) is 4. The Hall–Kier alpha value is -0.950. The molecule has 106 valence electrons. The van der Waals surface area contributed by atoms with E-state index in [-0.39, 0.29) is 12.5 Å². The minimum absolute atomic E-state index is 0.155. The molecular formula is C12H17ClN2O3S. The number of nitrogen functional groups attached to an aromatic ring is 1. The van der Waals surface area contributed by atoms with Gasteiger partial charge in [0.1, 0.15) is 0 Å². The average molecular weight is 305 g/mol. The maximum atomic E-state index is 11.6. The third kappa shape index (κ3) is 6.15. The summed E-state index contributed by atoms with van der Waals surface area (Å²) in [7, 11) is 0. The Morgan fingerprint density at radius 2 is 2.26 bits per heavy atom. The molecule has 0 spiro atoms. The number of aliphatic hydroxyl groups is 2. The van der Waals surface area contributed by atoms with Crippen LogP contribution in [0.5, 0.6) is 0 Å². The lowest BCUT2D eigenvalue weighted by molar-refractivity contribution is -0.115. The second-order valence-electron chi connectivity index (χ2n) is 3.95. The van der Waals surface area contributed by atoms with Gasteiger partial charge in [-0.3, -0.25) is 4.79 Å². The molecule has 1 aromatic carbocycles. The molecule has 0 aliphatic carbocycles. The zero-order valence-electron chi connectivity index (χ0n) is 10.3. The molecule has 1 aromatic rings. The topological polar surface area (TPSA) is 95.6 Å². The highest BCUT2D eigenvalue weighted by Gasteiger charge is 2.07. The fourth-order valence-corrected chi connectivity index (χ4v) is 2.39. The van der Waals surface area contributed by atoms with Crippen molar-refractivity contribution in [3.8, 4) is 0 Å². The molecule has 7 heteroatoms. The maximum Gasteiger partial charge on any atom is 0.225 e. The molecule has 1 unspecified atom stereocenters. The number of aliphatic hydroxyl groups excluding tert-OH is 2. The fraction of sp³-hybridized carbons (Fsp3) is 0.417. The molecular weight excluding hydrogens is 288 g/mol. The summed E-state index contributed by atoms with van der Waals surface area (Å²) in [4.78, 5) is 11.6. The van der Waals surface area contributed by atoms with E-state index in [0.717, 1.165) is 0 Å². The molecule has 0 heterocycles. The van der Waals surface area contributed by atoms with Gasteiger partial charge in [0.15, 0.2) is 0 Å². The number of rotatable bonds is 7. The van der Waals surface area contributed by atoms with Gasteiger partial charge in [0.25, 0.3) is 0 Å². The number of benzene rings is 1. The van der Waals surface area contributed by atoms with Gasteiger partial charge in [-0.15, -0.1) is 0 Å². The SMILES string of the molecule is Nc1ccc(NC(=O)CCSCC(O)CO)c(Cl)c1. The molecule has 0 bridgehead atoms. The van der Waals surface area contributed by atoms with Gasteiger partial charge < -0.3 is 21.3 Å². The van der Waals surface area contributed by atoms with Crippen LogP contribution in [0.15, 0.2) is 18.2 Å². The van der Waals surface area contributed by atoms with Gasteiger partial charge in [-0.25, -0.2) is 0 Å². The molecule has 19 heavy (non-hydrogen) atoms. The smallest absolute Gasteiger partial charge is 0.225 e. The fourth-order valence-electron chi connectivity index (χ4n) is 1.28. The Morgan fingerprint density at radius 3 is 2.89 bits per heavy atom. The Labute approximate surface area is 121 Å². The molecule has 0 saturated heterocycles. The third-order valence-corrected chi connectivity index (χ3v) is 3.69. The minimum atomic E-state index is -0.736. The Balaban J connectivity index is 2.31. The van der Waals surface area contributed by atoms with Crippen molar-refractivity contribution < 1.29 is 15.0 Å². The minimum Gasteiger partial charge on any atom is -0.399 e. The van der Waals surface area contributed by atoms with E-state index in [9.17, 15) is 4.79 Å². The first-order valence-corrected chi connectivity index (χ1v) is 7.27. The number of thioether (sulfide) groups is 1. The number of amides is 1. The number of nitrogens with two attached hydrogens (primary N) is 1. The second-order valence-corrected chi connectivity index (χ2v) is 5.51. The largest absolute Gasteiger partial charge is 0.399 e. The van der Waals surface area contributed by atoms with Crippen molar-refractivity contribution >= 4 is 40.6 Å². The monoisotopic (exact) mass is 304 g/mol. The van der Waals surface area contributed by atoms with Gasteiger partial charge in [-0.05, 0) is 18.2 Å². The zero-order valence-corrected chi connectivity index (χ0v) is 11.9. The standard InChI is InChI=1S/C12H17ClN2O3S/c13-10-5-8(14)1-2-11(10)15-12(18)3-4-19-7-9(17)6-16/h1-2,5,9,16-17H,3-4,6-7,14H2,(H,15,18). The highest BCUT2D eigenvalue weighted by atomic mass is 35.5. The van der Waals surface area contributed by atoms with Gasteiger partial charge >= 0.3 is 0 Å². The van der Waals surface area contributed by atoms with E-state index in [1.807, 2.05) is 0 Å². The lowest BCUT2D eigenvalue weighted by atomic mass is 10.3. The van der Waals surface area contributed by atoms with E-state index in [1.165, 1.54) is 11.8 Å². The molecule has 0 aliphatic heterocycles. The summed E-state index contributed by atoms with van der Waals surface area (Å²) >= 11 is 7.34. The predicted octanol–water partition coefficient (Wildman–Crippen LogP) is 1.34. The second kappa shape index (κ2) is 8.27. The van der Waals surface area contributed by atoms with Crippen molar-refractivity contribution in [1.82, 2.24) is 0 Å². The Morgan fingerprint density at radius 1 is 1.53 bits per heavy atom. The van der Waals surface area contributed by atoms with E-state index >= 15 is 0 Å². The number of nitrogens with one attached hydrogen (secondary N) is 1. The van der Waals surface area contributed by atoms with Crippen LogP contribution in [-0.2, 0) is 4.79 Å². The molecule has 0 aliphatic rings. The van der Waals surface area contributed by atoms with E-state index in [4.69, 9.17) is 27.5 Å². The van der Waals surface area contributed by atoms with Crippen molar-refractivity contribution in [2.75, 3.05) is 29.2 Å². The molecule has 0 radical (unpaired) electrons. The maximum absolute atomic E-state index is 11.6. The number of anilines is 2. The van der Waals surface area contributed by atoms with Crippen molar-refractivity contribution in [2.24, 2.45) is 0 Å². The molecule has 0 fully saturated rings. The van der Waals surface area contributed by atoms with Gasteiger partial charge in [-0.2, -0.15) is 11.8 Å². The normalized spacial score (nSPS) is 12.2. The number of carbonyl (C=O) groups excluding carboxylic acids is 1. The molecule has 0 aromatic heterocycles. The van der Waals surface area contributed by atoms with E-state index in [2.05, 4.69) is 5.32 Å². The molecule has 1 amide bonds. The van der Waals surface area contributed by atoms with Crippen molar-refractivity contribution in [2.45, 2.75) is 12.5 Å². The highest BCUT2D eigenvalue weighted by molar-refractivity contribution is 7.99. The zero-order chi connectivity index (χ0) is 14.3. The van der Waals surface area contributed by atoms with E-state index in [0.29, 0.717) is 34.3 Å². The molecule has 1 rings (SSSR count). The molecule has 1 atom stereocenters. The lowest BCUT2D eigenvalue weighted by Crippen LogP contribution is -2.16. The van der Waals surface area contributed by atoms with Gasteiger partial charge in [0.2, 0.25) is 5.91 Å². The first-order chi connectivity index (χ1) is 9.02. The summed E-state index contributed by atoms with van der Waals surface area (Å²) in [5.74, 6) is 0.819. The number of hydrogen-bond acceptors (Lipinski definition) is 5. The first kappa shape index (κ1) is 16.1. The van der Waals surface area contributed by atoms with Crippen LogP contribution in [-0.4, -0.2) is 40.3 Å². The van der Waals surface area contributed by atoms with Gasteiger partial charge in [0.05, 0.1) is 23.4 Å². The van der Waals surface area contributed by atoms with Crippen molar-refractivity contribution in [3.63, 3.8) is 0 Å². The highest BCUT2D eigenvalue weighted by Crippen LogP contribution is 2.24. The first-order valence-electron chi connectivity index (χ1n) is 5.74. The van der Waals surface area contributed by atoms with Crippen molar-refractivity contribution in [1.29, 1.82) is 0 Å². The van der Waals surface area contributed by atoms with E-state index < -0.39 is 6.10 Å².